The molecule has 1 aliphatic heterocycles. The summed E-state index contributed by atoms with van der Waals surface area (Å²) in [6, 6.07) is 11.2. The van der Waals surface area contributed by atoms with Crippen molar-refractivity contribution in [3.63, 3.8) is 0 Å². The maximum atomic E-state index is 12.9. The van der Waals surface area contributed by atoms with Gasteiger partial charge in [0.05, 0.1) is 28.8 Å². The zero-order chi connectivity index (χ0) is 19.6. The molecule has 0 unspecified atom stereocenters. The molecule has 1 fully saturated rings. The Labute approximate surface area is 184 Å². The van der Waals surface area contributed by atoms with Gasteiger partial charge in [0.1, 0.15) is 0 Å². The summed E-state index contributed by atoms with van der Waals surface area (Å²) in [5.74, 6) is 1.09. The van der Waals surface area contributed by atoms with E-state index in [0.717, 1.165) is 20.2 Å². The van der Waals surface area contributed by atoms with Crippen LogP contribution in [-0.4, -0.2) is 23.9 Å². The van der Waals surface area contributed by atoms with Crippen molar-refractivity contribution in [3.05, 3.63) is 55.8 Å². The number of methoxy groups -OCH3 is 1. The first-order chi connectivity index (χ1) is 12.9. The van der Waals surface area contributed by atoms with Crippen LogP contribution in [0.2, 0.25) is 0 Å². The first-order valence-corrected chi connectivity index (χ1v) is 10.8. The number of thioether (sulfide) groups is 1. The minimum Gasteiger partial charge on any atom is -0.493 e. The number of benzene rings is 2. The smallest absolute Gasteiger partial charge is 0.270 e. The van der Waals surface area contributed by atoms with Crippen LogP contribution in [0.25, 0.3) is 6.08 Å². The van der Waals surface area contributed by atoms with Gasteiger partial charge in [-0.25, -0.2) is 0 Å². The largest absolute Gasteiger partial charge is 0.493 e. The van der Waals surface area contributed by atoms with Gasteiger partial charge in [-0.1, -0.05) is 39.9 Å². The fourth-order valence-corrected chi connectivity index (χ4v) is 4.68. The highest BCUT2D eigenvalue weighted by Crippen LogP contribution is 2.40. The molecule has 0 N–H and O–H groups in total. The molecule has 140 valence electrons. The van der Waals surface area contributed by atoms with E-state index in [0.29, 0.717) is 27.3 Å². The third-order valence-corrected chi connectivity index (χ3v) is 6.14. The molecule has 2 aromatic carbocycles. The van der Waals surface area contributed by atoms with E-state index in [1.165, 1.54) is 11.8 Å². The highest BCUT2D eigenvalue weighted by Gasteiger charge is 2.33. The molecular formula is C19H15Br2NO3S2. The number of halogens is 2. The fourth-order valence-electron chi connectivity index (χ4n) is 2.54. The van der Waals surface area contributed by atoms with Gasteiger partial charge in [-0.2, -0.15) is 0 Å². The molecule has 1 saturated heterocycles. The van der Waals surface area contributed by atoms with Crippen LogP contribution in [0.4, 0.5) is 5.69 Å². The first kappa shape index (κ1) is 20.4. The van der Waals surface area contributed by atoms with Crippen LogP contribution in [0.15, 0.2) is 50.2 Å². The summed E-state index contributed by atoms with van der Waals surface area (Å²) in [6.45, 7) is 2.44. The summed E-state index contributed by atoms with van der Waals surface area (Å²) < 4.78 is 13.2. The SMILES string of the molecule is CCOc1c(Br)cc(/C=C2/SC(=S)N(c3ccc(Br)cc3)C2=O)cc1OC. The van der Waals surface area contributed by atoms with E-state index in [4.69, 9.17) is 21.7 Å². The zero-order valence-corrected chi connectivity index (χ0v) is 19.3. The molecular weight excluding hydrogens is 514 g/mol. The Morgan fingerprint density at radius 1 is 1.22 bits per heavy atom. The summed E-state index contributed by atoms with van der Waals surface area (Å²) in [5.41, 5.74) is 1.56. The number of ether oxygens (including phenoxy) is 2. The monoisotopic (exact) mass is 527 g/mol. The molecule has 1 heterocycles. The number of carbonyl (C=O) groups is 1. The average Bonchev–Trinajstić information content (AvgIpc) is 2.91. The lowest BCUT2D eigenvalue weighted by Crippen LogP contribution is -2.27. The van der Waals surface area contributed by atoms with Crippen LogP contribution in [-0.2, 0) is 4.79 Å². The van der Waals surface area contributed by atoms with Crippen molar-refractivity contribution in [2.75, 3.05) is 18.6 Å². The third kappa shape index (κ3) is 4.39. The molecule has 0 aliphatic carbocycles. The predicted octanol–water partition coefficient (Wildman–Crippen LogP) is 6.02. The van der Waals surface area contributed by atoms with Gasteiger partial charge in [0, 0.05) is 4.47 Å². The molecule has 0 bridgehead atoms. The van der Waals surface area contributed by atoms with Crippen molar-refractivity contribution in [1.29, 1.82) is 0 Å². The van der Waals surface area contributed by atoms with E-state index in [-0.39, 0.29) is 5.91 Å². The Kier molecular flexibility index (Phi) is 6.62. The van der Waals surface area contributed by atoms with Gasteiger partial charge in [0.15, 0.2) is 15.8 Å². The standard InChI is InChI=1S/C19H15Br2NO3S2/c1-3-25-17-14(21)8-11(9-15(17)24-2)10-16-18(23)22(19(26)27-16)13-6-4-12(20)5-7-13/h4-10H,3H2,1-2H3/b16-10+. The summed E-state index contributed by atoms with van der Waals surface area (Å²) >= 11 is 13.6. The van der Waals surface area contributed by atoms with Gasteiger partial charge in [-0.05, 0) is 70.9 Å². The predicted molar refractivity (Wildman–Crippen MR) is 122 cm³/mol. The molecule has 1 amide bonds. The van der Waals surface area contributed by atoms with E-state index in [1.54, 1.807) is 18.1 Å². The van der Waals surface area contributed by atoms with Crippen LogP contribution in [0.1, 0.15) is 12.5 Å². The number of nitrogens with zero attached hydrogens (tertiary/aromatic N) is 1. The van der Waals surface area contributed by atoms with Crippen molar-refractivity contribution >= 4 is 77.8 Å². The second-order valence-corrected chi connectivity index (χ2v) is 8.91. The van der Waals surface area contributed by atoms with Crippen molar-refractivity contribution in [2.24, 2.45) is 0 Å². The zero-order valence-electron chi connectivity index (χ0n) is 14.5. The van der Waals surface area contributed by atoms with Crippen molar-refractivity contribution in [1.82, 2.24) is 0 Å². The molecule has 0 radical (unpaired) electrons. The van der Waals surface area contributed by atoms with Crippen molar-refractivity contribution in [3.8, 4) is 11.5 Å². The van der Waals surface area contributed by atoms with Crippen molar-refractivity contribution in [2.45, 2.75) is 6.92 Å². The van der Waals surface area contributed by atoms with Crippen LogP contribution in [0, 0.1) is 0 Å². The number of amides is 1. The summed E-state index contributed by atoms with van der Waals surface area (Å²) in [4.78, 5) is 15.0. The lowest BCUT2D eigenvalue weighted by Gasteiger charge is -2.14. The number of rotatable bonds is 5. The molecule has 8 heteroatoms. The van der Waals surface area contributed by atoms with E-state index < -0.39 is 0 Å². The lowest BCUT2D eigenvalue weighted by molar-refractivity contribution is -0.113. The van der Waals surface area contributed by atoms with Gasteiger partial charge in [-0.3, -0.25) is 9.69 Å². The maximum absolute atomic E-state index is 12.9. The molecule has 27 heavy (non-hydrogen) atoms. The Hall–Kier alpha value is -1.35. The Bertz CT molecular complexity index is 929. The Balaban J connectivity index is 1.94. The second-order valence-electron chi connectivity index (χ2n) is 5.46. The lowest BCUT2D eigenvalue weighted by atomic mass is 10.1. The van der Waals surface area contributed by atoms with Gasteiger partial charge in [0.25, 0.3) is 5.91 Å². The van der Waals surface area contributed by atoms with Gasteiger partial charge in [0.2, 0.25) is 0 Å². The highest BCUT2D eigenvalue weighted by atomic mass is 79.9. The number of thiocarbonyl (C=S) groups is 1. The van der Waals surface area contributed by atoms with Crippen LogP contribution in [0.3, 0.4) is 0 Å². The average molecular weight is 529 g/mol. The second kappa shape index (κ2) is 8.77. The molecule has 3 rings (SSSR count). The normalized spacial score (nSPS) is 15.6. The number of hydrogen-bond acceptors (Lipinski definition) is 5. The van der Waals surface area contributed by atoms with Gasteiger partial charge in [-0.15, -0.1) is 0 Å². The Morgan fingerprint density at radius 2 is 1.93 bits per heavy atom. The van der Waals surface area contributed by atoms with Crippen LogP contribution in [0.5, 0.6) is 11.5 Å². The molecule has 0 atom stereocenters. The van der Waals surface area contributed by atoms with E-state index >= 15 is 0 Å². The summed E-state index contributed by atoms with van der Waals surface area (Å²) in [6.07, 6.45) is 1.81. The van der Waals surface area contributed by atoms with Crippen molar-refractivity contribution < 1.29 is 14.3 Å². The van der Waals surface area contributed by atoms with Crippen LogP contribution < -0.4 is 14.4 Å². The Morgan fingerprint density at radius 3 is 2.56 bits per heavy atom. The molecule has 1 aliphatic rings. The number of anilines is 1. The number of carbonyl (C=O) groups excluding carboxylic acids is 1. The molecule has 0 saturated carbocycles. The molecule has 2 aromatic rings. The first-order valence-electron chi connectivity index (χ1n) is 7.98. The molecule has 0 aromatic heterocycles. The van der Waals surface area contributed by atoms with E-state index in [1.807, 2.05) is 43.3 Å². The van der Waals surface area contributed by atoms with Crippen LogP contribution >= 0.6 is 55.8 Å². The number of hydrogen-bond donors (Lipinski definition) is 0. The minimum atomic E-state index is -0.142. The van der Waals surface area contributed by atoms with Gasteiger partial charge < -0.3 is 9.47 Å². The third-order valence-electron chi connectivity index (χ3n) is 3.72. The minimum absolute atomic E-state index is 0.142. The fraction of sp³-hybridized carbons (Fsp3) is 0.158. The topological polar surface area (TPSA) is 38.8 Å². The quantitative estimate of drug-likeness (QED) is 0.350. The van der Waals surface area contributed by atoms with E-state index in [2.05, 4.69) is 31.9 Å². The van der Waals surface area contributed by atoms with Gasteiger partial charge >= 0.3 is 0 Å². The van der Waals surface area contributed by atoms with E-state index in [9.17, 15) is 4.79 Å². The maximum Gasteiger partial charge on any atom is 0.270 e. The highest BCUT2D eigenvalue weighted by molar-refractivity contribution is 9.10. The molecule has 4 nitrogen and oxygen atoms in total. The molecule has 0 spiro atoms. The summed E-state index contributed by atoms with van der Waals surface area (Å²) in [7, 11) is 1.58. The summed E-state index contributed by atoms with van der Waals surface area (Å²) in [5, 5.41) is 0.